The maximum Gasteiger partial charge on any atom is 0.399 e. The second kappa shape index (κ2) is 8.84. The van der Waals surface area contributed by atoms with Gasteiger partial charge in [-0.15, -0.1) is 0 Å². The summed E-state index contributed by atoms with van der Waals surface area (Å²) in [5, 5.41) is 2.83. The highest BCUT2D eigenvalue weighted by atomic mass is 31.2. The molecule has 3 unspecified atom stereocenters. The van der Waals surface area contributed by atoms with Crippen LogP contribution in [0.25, 0.3) is 10.9 Å². The number of carbonyl (C=O) groups is 3. The number of halogens is 2. The first-order valence-corrected chi connectivity index (χ1v) is 12.4. The van der Waals surface area contributed by atoms with E-state index in [1.165, 1.54) is 12.1 Å². The highest BCUT2D eigenvalue weighted by molar-refractivity contribution is 7.52. The summed E-state index contributed by atoms with van der Waals surface area (Å²) in [5.74, 6) is -0.996. The summed E-state index contributed by atoms with van der Waals surface area (Å²) < 4.78 is 39.3. The third kappa shape index (κ3) is 4.38. The lowest BCUT2D eigenvalue weighted by atomic mass is 10.1. The molecule has 1 aromatic carbocycles. The minimum Gasteiger partial charge on any atom is -0.351 e. The minimum atomic E-state index is -5.74. The number of hydrogen-bond donors (Lipinski definition) is 4. The van der Waals surface area contributed by atoms with Crippen molar-refractivity contribution in [1.82, 2.24) is 20.1 Å². The molecule has 1 aromatic heterocycles. The smallest absolute Gasteiger partial charge is 0.351 e. The van der Waals surface area contributed by atoms with Crippen LogP contribution in [0.1, 0.15) is 35.3 Å². The predicted molar refractivity (Wildman–Crippen MR) is 117 cm³/mol. The predicted octanol–water partition coefficient (Wildman–Crippen LogP) is 1.39. The maximum atomic E-state index is 14.1. The van der Waals surface area contributed by atoms with Gasteiger partial charge in [0.1, 0.15) is 18.0 Å². The van der Waals surface area contributed by atoms with Crippen LogP contribution < -0.4 is 5.32 Å². The monoisotopic (exact) mass is 498 g/mol. The maximum absolute atomic E-state index is 14.1. The van der Waals surface area contributed by atoms with Gasteiger partial charge in [0.05, 0.1) is 6.04 Å². The fourth-order valence-electron chi connectivity index (χ4n) is 4.66. The zero-order valence-electron chi connectivity index (χ0n) is 18.3. The molecular formula is C21H25F2N4O6P. The van der Waals surface area contributed by atoms with Crippen molar-refractivity contribution < 1.29 is 37.5 Å². The second-order valence-electron chi connectivity index (χ2n) is 8.83. The van der Waals surface area contributed by atoms with Crippen LogP contribution in [0.4, 0.5) is 8.78 Å². The summed E-state index contributed by atoms with van der Waals surface area (Å²) >= 11 is 0. The number of nitrogens with one attached hydrogen (secondary N) is 2. The first-order chi connectivity index (χ1) is 15.9. The van der Waals surface area contributed by atoms with E-state index in [2.05, 4.69) is 10.3 Å². The van der Waals surface area contributed by atoms with E-state index in [9.17, 15) is 27.7 Å². The first kappa shape index (κ1) is 24.5. The molecule has 0 radical (unpaired) electrons. The van der Waals surface area contributed by atoms with E-state index in [1.807, 2.05) is 11.9 Å². The molecule has 4 rings (SSSR count). The molecule has 13 heteroatoms. The Hall–Kier alpha value is -2.66. The largest absolute Gasteiger partial charge is 0.399 e. The van der Waals surface area contributed by atoms with Crippen LogP contribution >= 0.6 is 7.60 Å². The third-order valence-corrected chi connectivity index (χ3v) is 7.47. The highest BCUT2D eigenvalue weighted by Gasteiger charge is 2.50. The van der Waals surface area contributed by atoms with E-state index >= 15 is 0 Å². The molecule has 0 aliphatic carbocycles. The Bertz CT molecular complexity index is 1180. The fourth-order valence-corrected chi connectivity index (χ4v) is 5.13. The molecule has 0 bridgehead atoms. The molecule has 2 fully saturated rings. The summed E-state index contributed by atoms with van der Waals surface area (Å²) in [5.41, 5.74) is -4.96. The Morgan fingerprint density at radius 2 is 2.00 bits per heavy atom. The average molecular weight is 498 g/mol. The molecule has 2 saturated heterocycles. The van der Waals surface area contributed by atoms with Crippen LogP contribution in [0.2, 0.25) is 0 Å². The zero-order valence-corrected chi connectivity index (χ0v) is 19.2. The van der Waals surface area contributed by atoms with Crippen LogP contribution in [-0.2, 0) is 19.8 Å². The van der Waals surface area contributed by atoms with Gasteiger partial charge >= 0.3 is 13.3 Å². The lowest BCUT2D eigenvalue weighted by Crippen LogP contribution is -2.58. The van der Waals surface area contributed by atoms with Crippen LogP contribution in [-0.4, -0.2) is 80.9 Å². The molecular weight excluding hydrogens is 473 g/mol. The number of H-pyrrole nitrogens is 1. The second-order valence-corrected chi connectivity index (χ2v) is 10.5. The molecule has 34 heavy (non-hydrogen) atoms. The van der Waals surface area contributed by atoms with Crippen LogP contribution in [0.5, 0.6) is 0 Å². The zero-order chi connectivity index (χ0) is 24.8. The molecule has 184 valence electrons. The lowest BCUT2D eigenvalue weighted by Gasteiger charge is -2.36. The number of carbonyl (C=O) groups excluding carboxylic acids is 3. The summed E-state index contributed by atoms with van der Waals surface area (Å²) in [4.78, 5) is 61.9. The van der Waals surface area contributed by atoms with Crippen LogP contribution in [0.15, 0.2) is 24.3 Å². The third-order valence-electron chi connectivity index (χ3n) is 6.48. The Morgan fingerprint density at radius 1 is 1.26 bits per heavy atom. The number of aromatic amines is 1. The number of fused-ring (bicyclic) bond motifs is 2. The molecule has 2 amide bonds. The average Bonchev–Trinajstić information content (AvgIpc) is 3.38. The molecule has 0 spiro atoms. The van der Waals surface area contributed by atoms with Crippen molar-refractivity contribution in [3.63, 3.8) is 0 Å². The van der Waals surface area contributed by atoms with Gasteiger partial charge in [0.25, 0.3) is 5.91 Å². The van der Waals surface area contributed by atoms with Crippen molar-refractivity contribution >= 4 is 36.6 Å². The molecule has 2 aromatic rings. The Labute approximate surface area is 193 Å². The Morgan fingerprint density at radius 3 is 2.68 bits per heavy atom. The van der Waals surface area contributed by atoms with E-state index in [1.54, 1.807) is 4.90 Å². The van der Waals surface area contributed by atoms with Crippen molar-refractivity contribution in [2.24, 2.45) is 0 Å². The van der Waals surface area contributed by atoms with Crippen molar-refractivity contribution in [3.8, 4) is 0 Å². The van der Waals surface area contributed by atoms with Gasteiger partial charge in [0, 0.05) is 29.1 Å². The molecule has 3 heterocycles. The number of amides is 2. The SMILES string of the molecule is CN1CCC2CCC(C=O)N2C(=O)C(NC(=O)c2cc3cc(C(F)(F)P(=O)(O)O)ccc3[nH]2)C1. The van der Waals surface area contributed by atoms with Gasteiger partial charge in [0.15, 0.2) is 0 Å². The van der Waals surface area contributed by atoms with Gasteiger partial charge in [-0.05, 0) is 51.1 Å². The molecule has 4 N–H and O–H groups in total. The standard InChI is InChI=1S/C21H25F2N4O6P/c1-26-7-6-14-3-4-15(11-28)27(14)20(30)18(10-26)25-19(29)17-9-12-8-13(2-5-16(12)24-17)21(22,23)34(31,32)33/h2,5,8-9,11,14-15,18,24H,3-4,6-7,10H2,1H3,(H,25,29)(H2,31,32,33). The van der Waals surface area contributed by atoms with E-state index in [0.717, 1.165) is 24.8 Å². The number of nitrogens with zero attached hydrogens (tertiary/aromatic N) is 2. The summed E-state index contributed by atoms with van der Waals surface area (Å²) in [7, 11) is -3.90. The fraction of sp³-hybridized carbons (Fsp3) is 0.476. The quantitative estimate of drug-likeness (QED) is 0.360. The van der Waals surface area contributed by atoms with Gasteiger partial charge in [-0.3, -0.25) is 14.2 Å². The van der Waals surface area contributed by atoms with E-state index in [0.29, 0.717) is 24.9 Å². The Kier molecular flexibility index (Phi) is 6.36. The number of likely N-dealkylation sites (N-methyl/N-ethyl adjacent to an activating group) is 1. The molecule has 2 aliphatic rings. The molecule has 0 saturated carbocycles. The lowest BCUT2D eigenvalue weighted by molar-refractivity contribution is -0.140. The van der Waals surface area contributed by atoms with Crippen molar-refractivity contribution in [2.45, 2.75) is 43.1 Å². The number of aldehydes is 1. The van der Waals surface area contributed by atoms with Crippen LogP contribution in [0, 0.1) is 0 Å². The molecule has 10 nitrogen and oxygen atoms in total. The first-order valence-electron chi connectivity index (χ1n) is 10.8. The highest BCUT2D eigenvalue weighted by Crippen LogP contribution is 2.59. The van der Waals surface area contributed by atoms with E-state index in [-0.39, 0.29) is 29.6 Å². The van der Waals surface area contributed by atoms with Crippen LogP contribution in [0.3, 0.4) is 0 Å². The summed E-state index contributed by atoms with van der Waals surface area (Å²) in [6.07, 6.45) is 2.78. The topological polar surface area (TPSA) is 143 Å². The van der Waals surface area contributed by atoms with Gasteiger partial charge in [-0.25, -0.2) is 0 Å². The van der Waals surface area contributed by atoms with Crippen molar-refractivity contribution in [1.29, 1.82) is 0 Å². The number of hydrogen-bond acceptors (Lipinski definition) is 5. The normalized spacial score (nSPS) is 24.6. The molecule has 2 aliphatic heterocycles. The number of benzene rings is 1. The van der Waals surface area contributed by atoms with Gasteiger partial charge in [-0.2, -0.15) is 8.78 Å². The van der Waals surface area contributed by atoms with Crippen molar-refractivity contribution in [2.75, 3.05) is 20.1 Å². The van der Waals surface area contributed by atoms with Gasteiger partial charge < -0.3 is 34.7 Å². The Balaban J connectivity index is 1.58. The van der Waals surface area contributed by atoms with Gasteiger partial charge in [0.2, 0.25) is 5.91 Å². The summed E-state index contributed by atoms with van der Waals surface area (Å²) in [6, 6.07) is 2.73. The van der Waals surface area contributed by atoms with Gasteiger partial charge in [-0.1, -0.05) is 6.07 Å². The number of alkyl halides is 2. The minimum absolute atomic E-state index is 0.00549. The van der Waals surface area contributed by atoms with Crippen molar-refractivity contribution in [3.05, 3.63) is 35.5 Å². The summed E-state index contributed by atoms with van der Waals surface area (Å²) in [6.45, 7) is 0.924. The van der Waals surface area contributed by atoms with E-state index in [4.69, 9.17) is 9.79 Å². The number of rotatable bonds is 5. The number of aromatic nitrogens is 1. The van der Waals surface area contributed by atoms with E-state index < -0.39 is 36.8 Å². The molecule has 3 atom stereocenters.